The first kappa shape index (κ1) is 20.4. The molecular weight excluding hydrogens is 389 g/mol. The van der Waals surface area contributed by atoms with Crippen molar-refractivity contribution >= 4 is 34.8 Å². The third kappa shape index (κ3) is 4.55. The fourth-order valence-corrected chi connectivity index (χ4v) is 4.75. The number of amides is 1. The lowest BCUT2D eigenvalue weighted by molar-refractivity contribution is -0.385. The monoisotopic (exact) mass is 413 g/mol. The predicted octanol–water partition coefficient (Wildman–Crippen LogP) is 4.31. The van der Waals surface area contributed by atoms with Crippen molar-refractivity contribution in [3.8, 4) is 0 Å². The third-order valence-corrected chi connectivity index (χ3v) is 6.58. The Morgan fingerprint density at radius 1 is 1.19 bits per heavy atom. The van der Waals surface area contributed by atoms with Crippen molar-refractivity contribution in [1.29, 1.82) is 0 Å². The summed E-state index contributed by atoms with van der Waals surface area (Å²) in [6.45, 7) is 2.20. The topological polar surface area (TPSA) is 66.7 Å². The number of nitrogens with zero attached hydrogens (tertiary/aromatic N) is 3. The van der Waals surface area contributed by atoms with E-state index in [0.29, 0.717) is 11.6 Å². The Labute approximate surface area is 169 Å². The predicted molar refractivity (Wildman–Crippen MR) is 106 cm³/mol. The Bertz CT molecular complexity index is 722. The van der Waals surface area contributed by atoms with E-state index in [-0.39, 0.29) is 34.1 Å². The van der Waals surface area contributed by atoms with Gasteiger partial charge >= 0.3 is 0 Å². The van der Waals surface area contributed by atoms with Crippen LogP contribution >= 0.6 is 23.2 Å². The lowest BCUT2D eigenvalue weighted by Gasteiger charge is -2.42. The average Bonchev–Trinajstić information content (AvgIpc) is 3.18. The van der Waals surface area contributed by atoms with Crippen LogP contribution in [-0.2, 0) is 11.2 Å². The molecule has 2 aliphatic rings. The van der Waals surface area contributed by atoms with Crippen LogP contribution in [0.3, 0.4) is 0 Å². The summed E-state index contributed by atoms with van der Waals surface area (Å²) in [5.74, 6) is -0.118. The van der Waals surface area contributed by atoms with E-state index in [1.807, 2.05) is 7.05 Å². The van der Waals surface area contributed by atoms with Gasteiger partial charge in [0.25, 0.3) is 5.69 Å². The van der Waals surface area contributed by atoms with Crippen LogP contribution in [0.5, 0.6) is 0 Å². The molecule has 8 heteroatoms. The van der Waals surface area contributed by atoms with Crippen LogP contribution in [0, 0.1) is 10.1 Å². The molecule has 1 aromatic carbocycles. The van der Waals surface area contributed by atoms with Gasteiger partial charge in [0.1, 0.15) is 0 Å². The van der Waals surface area contributed by atoms with Crippen LogP contribution in [-0.4, -0.2) is 52.9 Å². The lowest BCUT2D eigenvalue weighted by atomic mass is 9.88. The maximum atomic E-state index is 13.0. The smallest absolute Gasteiger partial charge is 0.274 e. The summed E-state index contributed by atoms with van der Waals surface area (Å²) in [6.07, 6.45) is 6.78. The van der Waals surface area contributed by atoms with E-state index in [9.17, 15) is 14.9 Å². The van der Waals surface area contributed by atoms with E-state index >= 15 is 0 Å². The van der Waals surface area contributed by atoms with E-state index in [4.69, 9.17) is 23.2 Å². The van der Waals surface area contributed by atoms with E-state index in [0.717, 1.165) is 32.4 Å². The largest absolute Gasteiger partial charge is 0.341 e. The van der Waals surface area contributed by atoms with Crippen LogP contribution in [0.1, 0.15) is 44.1 Å². The van der Waals surface area contributed by atoms with Crippen molar-refractivity contribution in [2.75, 3.05) is 20.1 Å². The van der Waals surface area contributed by atoms with E-state index in [1.54, 1.807) is 4.90 Å². The molecule has 1 aliphatic carbocycles. The number of carbonyl (C=O) groups is 1. The van der Waals surface area contributed by atoms with Gasteiger partial charge in [-0.25, -0.2) is 0 Å². The number of hydrogen-bond acceptors (Lipinski definition) is 4. The maximum absolute atomic E-state index is 13.0. The van der Waals surface area contributed by atoms with Crippen molar-refractivity contribution in [3.05, 3.63) is 37.9 Å². The molecule has 2 fully saturated rings. The minimum Gasteiger partial charge on any atom is -0.341 e. The van der Waals surface area contributed by atoms with Gasteiger partial charge in [0.05, 0.1) is 21.4 Å². The highest BCUT2D eigenvalue weighted by atomic mass is 35.5. The summed E-state index contributed by atoms with van der Waals surface area (Å²) in [6, 6.07) is 3.21. The summed E-state index contributed by atoms with van der Waals surface area (Å²) in [4.78, 5) is 28.1. The van der Waals surface area contributed by atoms with Crippen LogP contribution in [0.2, 0.25) is 10.0 Å². The van der Waals surface area contributed by atoms with Gasteiger partial charge in [-0.15, -0.1) is 0 Å². The normalized spacial score (nSPS) is 23.4. The molecule has 1 amide bonds. The number of nitro groups is 1. The molecule has 0 aromatic heterocycles. The molecular formula is C19H25Cl2N3O3. The zero-order chi connectivity index (χ0) is 19.6. The number of hydrogen-bond donors (Lipinski definition) is 0. The number of nitro benzene ring substituents is 1. The van der Waals surface area contributed by atoms with Crippen molar-refractivity contribution < 1.29 is 9.72 Å². The molecule has 1 aromatic rings. The molecule has 2 atom stereocenters. The Kier molecular flexibility index (Phi) is 6.61. The Hall–Kier alpha value is -1.37. The fourth-order valence-electron chi connectivity index (χ4n) is 4.40. The molecule has 0 unspecified atom stereocenters. The third-order valence-electron chi connectivity index (χ3n) is 5.85. The Morgan fingerprint density at radius 2 is 1.81 bits per heavy atom. The summed E-state index contributed by atoms with van der Waals surface area (Å²) >= 11 is 11.9. The van der Waals surface area contributed by atoms with Crippen LogP contribution < -0.4 is 0 Å². The van der Waals surface area contributed by atoms with Gasteiger partial charge in [0, 0.05) is 30.8 Å². The van der Waals surface area contributed by atoms with Gasteiger partial charge in [0.2, 0.25) is 5.91 Å². The van der Waals surface area contributed by atoms with Crippen LogP contribution in [0.15, 0.2) is 12.1 Å². The second-order valence-electron chi connectivity index (χ2n) is 7.50. The summed E-state index contributed by atoms with van der Waals surface area (Å²) in [7, 11) is 1.82. The second-order valence-corrected chi connectivity index (χ2v) is 8.31. The minimum atomic E-state index is -0.515. The van der Waals surface area contributed by atoms with Gasteiger partial charge in [-0.05, 0) is 44.8 Å². The van der Waals surface area contributed by atoms with Crippen LogP contribution in [0.25, 0.3) is 0 Å². The molecule has 0 spiro atoms. The molecule has 6 nitrogen and oxygen atoms in total. The van der Waals surface area contributed by atoms with Crippen LogP contribution in [0.4, 0.5) is 5.69 Å². The number of rotatable bonds is 5. The van der Waals surface area contributed by atoms with Gasteiger partial charge < -0.3 is 4.90 Å². The molecule has 1 aliphatic heterocycles. The Morgan fingerprint density at radius 3 is 2.48 bits per heavy atom. The van der Waals surface area contributed by atoms with E-state index in [2.05, 4.69) is 4.90 Å². The van der Waals surface area contributed by atoms with Gasteiger partial charge in [-0.3, -0.25) is 19.8 Å². The highest BCUT2D eigenvalue weighted by Gasteiger charge is 2.35. The lowest BCUT2D eigenvalue weighted by Crippen LogP contribution is -2.53. The van der Waals surface area contributed by atoms with Gasteiger partial charge in [-0.2, -0.15) is 0 Å². The molecule has 148 valence electrons. The maximum Gasteiger partial charge on any atom is 0.274 e. The molecule has 0 radical (unpaired) electrons. The molecule has 1 saturated heterocycles. The summed E-state index contributed by atoms with van der Waals surface area (Å²) < 4.78 is 0. The van der Waals surface area contributed by atoms with Gasteiger partial charge in [0.15, 0.2) is 0 Å². The number of likely N-dealkylation sites (N-methyl/N-ethyl adjacent to an activating group) is 1. The standard InChI is InChI=1S/C19H25Cl2N3O3/c1-22(16-6-2-3-7-17(16)23-8-4-5-9-23)19(25)11-13-10-14(20)15(21)12-18(13)24(26)27/h10,12,16-17H,2-9,11H2,1H3/t16-,17-/m1/s1. The molecule has 27 heavy (non-hydrogen) atoms. The zero-order valence-electron chi connectivity index (χ0n) is 15.5. The molecule has 3 rings (SSSR count). The number of halogens is 2. The zero-order valence-corrected chi connectivity index (χ0v) is 17.0. The number of benzene rings is 1. The first-order chi connectivity index (χ1) is 12.9. The van der Waals surface area contributed by atoms with Crippen molar-refractivity contribution in [2.24, 2.45) is 0 Å². The first-order valence-corrected chi connectivity index (χ1v) is 10.3. The van der Waals surface area contributed by atoms with E-state index in [1.165, 1.54) is 31.4 Å². The van der Waals surface area contributed by atoms with Crippen molar-refractivity contribution in [1.82, 2.24) is 9.80 Å². The molecule has 0 N–H and O–H groups in total. The second kappa shape index (κ2) is 8.76. The first-order valence-electron chi connectivity index (χ1n) is 9.50. The fraction of sp³-hybridized carbons (Fsp3) is 0.632. The minimum absolute atomic E-state index is 0.0487. The summed E-state index contributed by atoms with van der Waals surface area (Å²) in [5, 5.41) is 11.7. The van der Waals surface area contributed by atoms with Crippen molar-refractivity contribution in [3.63, 3.8) is 0 Å². The highest BCUT2D eigenvalue weighted by molar-refractivity contribution is 6.42. The Balaban J connectivity index is 1.77. The molecule has 0 bridgehead atoms. The van der Waals surface area contributed by atoms with E-state index < -0.39 is 4.92 Å². The SMILES string of the molecule is CN(C(=O)Cc1cc(Cl)c(Cl)cc1[N+](=O)[O-])[C@@H]1CCCC[C@H]1N1CCCC1. The van der Waals surface area contributed by atoms with Crippen molar-refractivity contribution in [2.45, 2.75) is 57.0 Å². The molecule has 1 heterocycles. The average molecular weight is 414 g/mol. The molecule has 1 saturated carbocycles. The van der Waals surface area contributed by atoms with Gasteiger partial charge in [-0.1, -0.05) is 36.0 Å². The number of likely N-dealkylation sites (tertiary alicyclic amines) is 1. The number of carbonyl (C=O) groups excluding carboxylic acids is 1. The highest BCUT2D eigenvalue weighted by Crippen LogP contribution is 2.32. The summed E-state index contributed by atoms with van der Waals surface area (Å²) in [5.41, 5.74) is 0.144. The quantitative estimate of drug-likeness (QED) is 0.532.